The zero-order valence-electron chi connectivity index (χ0n) is 10.6. The summed E-state index contributed by atoms with van der Waals surface area (Å²) in [5.74, 6) is 0.155. The van der Waals surface area contributed by atoms with Crippen molar-refractivity contribution < 1.29 is 9.53 Å². The van der Waals surface area contributed by atoms with Gasteiger partial charge in [-0.25, -0.2) is 0 Å². The minimum atomic E-state index is -0.343. The van der Waals surface area contributed by atoms with E-state index >= 15 is 0 Å². The fraction of sp³-hybridized carbons (Fsp3) is 0.923. The zero-order valence-corrected chi connectivity index (χ0v) is 10.6. The van der Waals surface area contributed by atoms with Crippen LogP contribution >= 0.6 is 0 Å². The predicted octanol–water partition coefficient (Wildman–Crippen LogP) is 2.11. The number of nitrogens with one attached hydrogen (secondary N) is 1. The number of ether oxygens (including phenoxy) is 1. The molecule has 2 fully saturated rings. The summed E-state index contributed by atoms with van der Waals surface area (Å²) in [6.45, 7) is 8.02. The number of esters is 1. The van der Waals surface area contributed by atoms with Gasteiger partial charge in [-0.3, -0.25) is 4.79 Å². The van der Waals surface area contributed by atoms with E-state index in [0.29, 0.717) is 5.41 Å². The lowest BCUT2D eigenvalue weighted by Gasteiger charge is -2.49. The SMILES string of the molecule is CC(C)(C)OC(=O)C1CC2(CCCNC2)C1. The first-order valence-electron chi connectivity index (χ1n) is 6.34. The Morgan fingerprint density at radius 2 is 2.06 bits per heavy atom. The summed E-state index contributed by atoms with van der Waals surface area (Å²) in [5.41, 5.74) is 0.0739. The average molecular weight is 225 g/mol. The van der Waals surface area contributed by atoms with Gasteiger partial charge in [0, 0.05) is 6.54 Å². The lowest BCUT2D eigenvalue weighted by Crippen LogP contribution is -2.51. The Balaban J connectivity index is 1.81. The van der Waals surface area contributed by atoms with E-state index in [4.69, 9.17) is 4.74 Å². The van der Waals surface area contributed by atoms with E-state index < -0.39 is 0 Å². The Labute approximate surface area is 97.9 Å². The second kappa shape index (κ2) is 4.02. The zero-order chi connectivity index (χ0) is 11.8. The molecule has 0 aromatic carbocycles. The maximum Gasteiger partial charge on any atom is 0.309 e. The molecule has 1 spiro atoms. The smallest absolute Gasteiger partial charge is 0.309 e. The molecule has 0 bridgehead atoms. The summed E-state index contributed by atoms with van der Waals surface area (Å²) in [5, 5.41) is 3.43. The van der Waals surface area contributed by atoms with Crippen molar-refractivity contribution in [3.05, 3.63) is 0 Å². The number of rotatable bonds is 1. The van der Waals surface area contributed by atoms with Crippen molar-refractivity contribution in [2.45, 2.75) is 52.1 Å². The van der Waals surface area contributed by atoms with Gasteiger partial charge in [-0.05, 0) is 58.4 Å². The van der Waals surface area contributed by atoms with Gasteiger partial charge in [0.05, 0.1) is 5.92 Å². The van der Waals surface area contributed by atoms with Crippen LogP contribution in [-0.2, 0) is 9.53 Å². The Kier molecular flexibility index (Phi) is 2.99. The fourth-order valence-electron chi connectivity index (χ4n) is 2.92. The predicted molar refractivity (Wildman–Crippen MR) is 63.1 cm³/mol. The van der Waals surface area contributed by atoms with Crippen LogP contribution in [0.3, 0.4) is 0 Å². The minimum absolute atomic E-state index is 0.00342. The van der Waals surface area contributed by atoms with Gasteiger partial charge in [0.2, 0.25) is 0 Å². The molecule has 0 radical (unpaired) electrons. The molecule has 1 heterocycles. The molecule has 3 heteroatoms. The molecule has 1 saturated heterocycles. The molecular formula is C13H23NO2. The topological polar surface area (TPSA) is 38.3 Å². The van der Waals surface area contributed by atoms with Crippen molar-refractivity contribution >= 4 is 5.97 Å². The number of carbonyl (C=O) groups is 1. The lowest BCUT2D eigenvalue weighted by molar-refractivity contribution is -0.169. The van der Waals surface area contributed by atoms with Gasteiger partial charge in [-0.2, -0.15) is 0 Å². The molecule has 0 unspecified atom stereocenters. The summed E-state index contributed by atoms with van der Waals surface area (Å²) < 4.78 is 5.42. The van der Waals surface area contributed by atoms with Crippen LogP contribution in [0.5, 0.6) is 0 Å². The summed E-state index contributed by atoms with van der Waals surface area (Å²) in [4.78, 5) is 11.8. The molecule has 16 heavy (non-hydrogen) atoms. The molecule has 0 aromatic heterocycles. The number of hydrogen-bond acceptors (Lipinski definition) is 3. The summed E-state index contributed by atoms with van der Waals surface area (Å²) in [6.07, 6.45) is 4.57. The molecule has 3 nitrogen and oxygen atoms in total. The second-order valence-corrected chi connectivity index (χ2v) is 6.42. The monoisotopic (exact) mass is 225 g/mol. The third-order valence-corrected chi connectivity index (χ3v) is 3.66. The molecule has 1 aliphatic carbocycles. The Morgan fingerprint density at radius 1 is 1.38 bits per heavy atom. The highest BCUT2D eigenvalue weighted by Crippen LogP contribution is 2.50. The van der Waals surface area contributed by atoms with Gasteiger partial charge < -0.3 is 10.1 Å². The third kappa shape index (κ3) is 2.57. The minimum Gasteiger partial charge on any atom is -0.460 e. The fourth-order valence-corrected chi connectivity index (χ4v) is 2.92. The molecule has 1 aliphatic heterocycles. The maximum atomic E-state index is 11.8. The van der Waals surface area contributed by atoms with E-state index in [1.165, 1.54) is 12.8 Å². The van der Waals surface area contributed by atoms with Gasteiger partial charge >= 0.3 is 5.97 Å². The quantitative estimate of drug-likeness (QED) is 0.695. The molecular weight excluding hydrogens is 202 g/mol. The lowest BCUT2D eigenvalue weighted by atomic mass is 9.59. The van der Waals surface area contributed by atoms with Crippen molar-refractivity contribution in [2.24, 2.45) is 11.3 Å². The number of carbonyl (C=O) groups excluding carboxylic acids is 1. The number of piperidine rings is 1. The van der Waals surface area contributed by atoms with Gasteiger partial charge in [0.25, 0.3) is 0 Å². The maximum absolute atomic E-state index is 11.8. The van der Waals surface area contributed by atoms with Crippen LogP contribution in [0.2, 0.25) is 0 Å². The first kappa shape index (κ1) is 11.9. The van der Waals surface area contributed by atoms with Crippen molar-refractivity contribution in [3.63, 3.8) is 0 Å². The van der Waals surface area contributed by atoms with Crippen LogP contribution in [0, 0.1) is 11.3 Å². The Hall–Kier alpha value is -0.570. The molecule has 2 rings (SSSR count). The third-order valence-electron chi connectivity index (χ3n) is 3.66. The van der Waals surface area contributed by atoms with Crippen molar-refractivity contribution in [1.82, 2.24) is 5.32 Å². The van der Waals surface area contributed by atoms with E-state index in [9.17, 15) is 4.79 Å². The van der Waals surface area contributed by atoms with E-state index in [1.54, 1.807) is 0 Å². The average Bonchev–Trinajstić information content (AvgIpc) is 2.12. The molecule has 0 aromatic rings. The standard InChI is InChI=1S/C13H23NO2/c1-12(2,3)16-11(15)10-7-13(8-10)5-4-6-14-9-13/h10,14H,4-9H2,1-3H3. The first-order chi connectivity index (χ1) is 7.40. The largest absolute Gasteiger partial charge is 0.460 e. The molecule has 0 amide bonds. The van der Waals surface area contributed by atoms with Crippen LogP contribution in [-0.4, -0.2) is 24.7 Å². The van der Waals surface area contributed by atoms with E-state index in [2.05, 4.69) is 5.32 Å². The van der Waals surface area contributed by atoms with Crippen molar-refractivity contribution in [1.29, 1.82) is 0 Å². The van der Waals surface area contributed by atoms with Gasteiger partial charge in [0.15, 0.2) is 0 Å². The summed E-state index contributed by atoms with van der Waals surface area (Å²) >= 11 is 0. The normalized spacial score (nSPS) is 34.6. The highest BCUT2D eigenvalue weighted by atomic mass is 16.6. The van der Waals surface area contributed by atoms with Gasteiger partial charge in [0.1, 0.15) is 5.60 Å². The van der Waals surface area contributed by atoms with Crippen LogP contribution < -0.4 is 5.32 Å². The Morgan fingerprint density at radius 3 is 2.56 bits per heavy atom. The molecule has 0 atom stereocenters. The van der Waals surface area contributed by atoms with Crippen LogP contribution in [0.4, 0.5) is 0 Å². The summed E-state index contributed by atoms with van der Waals surface area (Å²) in [7, 11) is 0. The van der Waals surface area contributed by atoms with E-state index in [-0.39, 0.29) is 17.5 Å². The highest BCUT2D eigenvalue weighted by molar-refractivity contribution is 5.74. The van der Waals surface area contributed by atoms with E-state index in [0.717, 1.165) is 25.9 Å². The summed E-state index contributed by atoms with van der Waals surface area (Å²) in [6, 6.07) is 0. The first-order valence-corrected chi connectivity index (χ1v) is 6.34. The van der Waals surface area contributed by atoms with E-state index in [1.807, 2.05) is 20.8 Å². The van der Waals surface area contributed by atoms with Crippen LogP contribution in [0.15, 0.2) is 0 Å². The molecule has 1 saturated carbocycles. The highest BCUT2D eigenvalue weighted by Gasteiger charge is 2.48. The van der Waals surface area contributed by atoms with Crippen LogP contribution in [0.25, 0.3) is 0 Å². The molecule has 1 N–H and O–H groups in total. The number of hydrogen-bond donors (Lipinski definition) is 1. The van der Waals surface area contributed by atoms with Crippen LogP contribution in [0.1, 0.15) is 46.5 Å². The molecule has 92 valence electrons. The Bertz CT molecular complexity index is 266. The van der Waals surface area contributed by atoms with Crippen molar-refractivity contribution in [2.75, 3.05) is 13.1 Å². The van der Waals surface area contributed by atoms with Gasteiger partial charge in [-0.15, -0.1) is 0 Å². The van der Waals surface area contributed by atoms with Crippen molar-refractivity contribution in [3.8, 4) is 0 Å². The van der Waals surface area contributed by atoms with Gasteiger partial charge in [-0.1, -0.05) is 0 Å². The second-order valence-electron chi connectivity index (χ2n) is 6.42. The molecule has 2 aliphatic rings.